The lowest BCUT2D eigenvalue weighted by atomic mass is 10.1. The predicted octanol–water partition coefficient (Wildman–Crippen LogP) is 5.58. The fourth-order valence-corrected chi connectivity index (χ4v) is 2.82. The Hall–Kier alpha value is -0.470. The van der Waals surface area contributed by atoms with Crippen molar-refractivity contribution in [2.45, 2.75) is 37.4 Å². The molecule has 1 nitrogen and oxygen atoms in total. The third-order valence-corrected chi connectivity index (χ3v) is 3.99. The predicted molar refractivity (Wildman–Crippen MR) is 77.2 cm³/mol. The Balaban J connectivity index is 2.04. The van der Waals surface area contributed by atoms with E-state index in [4.69, 9.17) is 16.0 Å². The molecule has 0 N–H and O–H groups in total. The summed E-state index contributed by atoms with van der Waals surface area (Å²) < 4.78 is 5.77. The van der Waals surface area contributed by atoms with Crippen LogP contribution in [-0.4, -0.2) is 4.83 Å². The van der Waals surface area contributed by atoms with Gasteiger partial charge in [0.2, 0.25) is 0 Å². The molecule has 0 bridgehead atoms. The largest absolute Gasteiger partial charge is 0.461 e. The van der Waals surface area contributed by atoms with Crippen molar-refractivity contribution in [1.29, 1.82) is 0 Å². The van der Waals surface area contributed by atoms with E-state index in [0.29, 0.717) is 4.83 Å². The van der Waals surface area contributed by atoms with Gasteiger partial charge in [-0.1, -0.05) is 40.9 Å². The number of halogens is 2. The van der Waals surface area contributed by atoms with E-state index in [9.17, 15) is 0 Å². The smallest absolute Gasteiger partial charge is 0.134 e. The van der Waals surface area contributed by atoms with Crippen LogP contribution in [0.25, 0.3) is 11.0 Å². The second-order valence-electron chi connectivity index (χ2n) is 4.32. The number of fused-ring (bicyclic) bond motifs is 1. The number of hydrogen-bond donors (Lipinski definition) is 0. The first kappa shape index (κ1) is 13.0. The van der Waals surface area contributed by atoms with Gasteiger partial charge in [-0.15, -0.1) is 0 Å². The molecule has 0 amide bonds. The molecule has 0 fully saturated rings. The summed E-state index contributed by atoms with van der Waals surface area (Å²) >= 11 is 9.64. The summed E-state index contributed by atoms with van der Waals surface area (Å²) in [4.78, 5) is 0.587. The van der Waals surface area contributed by atoms with Gasteiger partial charge < -0.3 is 4.42 Å². The normalized spacial score (nSPS) is 13.1. The lowest BCUT2D eigenvalue weighted by molar-refractivity contribution is 0.532. The topological polar surface area (TPSA) is 13.1 Å². The number of alkyl halides is 1. The molecule has 2 rings (SSSR count). The molecule has 2 aromatic rings. The Bertz CT molecular complexity index is 492. The molecule has 0 spiro atoms. The van der Waals surface area contributed by atoms with Crippen molar-refractivity contribution in [2.24, 2.45) is 0 Å². The molecule has 1 heterocycles. The van der Waals surface area contributed by atoms with Crippen molar-refractivity contribution in [3.05, 3.63) is 35.0 Å². The van der Waals surface area contributed by atoms with Crippen LogP contribution in [0.1, 0.15) is 31.9 Å². The van der Waals surface area contributed by atoms with Crippen LogP contribution < -0.4 is 0 Å². The van der Waals surface area contributed by atoms with Crippen LogP contribution >= 0.6 is 27.5 Å². The molecular weight excluding hydrogens is 300 g/mol. The van der Waals surface area contributed by atoms with E-state index < -0.39 is 0 Å². The third kappa shape index (κ3) is 3.49. The zero-order valence-corrected chi connectivity index (χ0v) is 12.2. The molecule has 0 aliphatic rings. The fourth-order valence-electron chi connectivity index (χ4n) is 1.95. The maximum atomic E-state index is 5.95. The maximum Gasteiger partial charge on any atom is 0.134 e. The molecule has 92 valence electrons. The molecule has 1 aromatic heterocycles. The van der Waals surface area contributed by atoms with Gasteiger partial charge in [-0.05, 0) is 37.1 Å². The highest BCUT2D eigenvalue weighted by Crippen LogP contribution is 2.25. The monoisotopic (exact) mass is 314 g/mol. The van der Waals surface area contributed by atoms with E-state index in [1.54, 1.807) is 0 Å². The molecule has 0 radical (unpaired) electrons. The minimum absolute atomic E-state index is 0.587. The molecule has 3 heteroatoms. The van der Waals surface area contributed by atoms with Gasteiger partial charge in [-0.3, -0.25) is 0 Å². The van der Waals surface area contributed by atoms with Crippen molar-refractivity contribution in [3.63, 3.8) is 0 Å². The summed E-state index contributed by atoms with van der Waals surface area (Å²) in [5, 5.41) is 1.85. The highest BCUT2D eigenvalue weighted by Gasteiger charge is 2.07. The molecule has 0 saturated heterocycles. The number of rotatable bonds is 5. The van der Waals surface area contributed by atoms with Crippen molar-refractivity contribution < 1.29 is 4.42 Å². The molecular formula is C14H16BrClO. The van der Waals surface area contributed by atoms with Gasteiger partial charge >= 0.3 is 0 Å². The molecule has 1 unspecified atom stereocenters. The molecule has 1 atom stereocenters. The first-order valence-corrected chi connectivity index (χ1v) is 7.30. The average Bonchev–Trinajstić information content (AvgIpc) is 2.68. The molecule has 0 aliphatic carbocycles. The van der Waals surface area contributed by atoms with E-state index in [-0.39, 0.29) is 0 Å². The van der Waals surface area contributed by atoms with Crippen LogP contribution in [0.4, 0.5) is 0 Å². The Morgan fingerprint density at radius 2 is 2.12 bits per heavy atom. The van der Waals surface area contributed by atoms with Gasteiger partial charge in [0.25, 0.3) is 0 Å². The van der Waals surface area contributed by atoms with E-state index in [2.05, 4.69) is 28.9 Å². The number of hydrogen-bond acceptors (Lipinski definition) is 1. The average molecular weight is 316 g/mol. The minimum Gasteiger partial charge on any atom is -0.461 e. The Labute approximate surface area is 115 Å². The third-order valence-electron chi connectivity index (χ3n) is 2.84. The standard InChI is InChI=1S/C14H16BrClO/c1-2-3-11(15)4-6-13-9-10-8-12(16)5-7-14(10)17-13/h5,7-9,11H,2-4,6H2,1H3. The maximum absolute atomic E-state index is 5.95. The van der Waals surface area contributed by atoms with E-state index in [1.165, 1.54) is 12.8 Å². The van der Waals surface area contributed by atoms with Gasteiger partial charge in [-0.2, -0.15) is 0 Å². The SMILES string of the molecule is CCCC(Br)CCc1cc2cc(Cl)ccc2o1. The first-order chi connectivity index (χ1) is 8.19. The second kappa shape index (κ2) is 5.92. The van der Waals surface area contributed by atoms with Crippen molar-refractivity contribution in [2.75, 3.05) is 0 Å². The minimum atomic E-state index is 0.587. The molecule has 17 heavy (non-hydrogen) atoms. The van der Waals surface area contributed by atoms with E-state index >= 15 is 0 Å². The highest BCUT2D eigenvalue weighted by molar-refractivity contribution is 9.09. The summed E-state index contributed by atoms with van der Waals surface area (Å²) in [5.41, 5.74) is 0.922. The number of furan rings is 1. The zero-order chi connectivity index (χ0) is 12.3. The quantitative estimate of drug-likeness (QED) is 0.656. The molecule has 1 aromatic carbocycles. The Morgan fingerprint density at radius 1 is 1.29 bits per heavy atom. The summed E-state index contributed by atoms with van der Waals surface area (Å²) in [7, 11) is 0. The summed E-state index contributed by atoms with van der Waals surface area (Å²) in [5.74, 6) is 1.04. The Kier molecular flexibility index (Phi) is 4.52. The zero-order valence-electron chi connectivity index (χ0n) is 9.88. The lowest BCUT2D eigenvalue weighted by Gasteiger charge is -2.05. The van der Waals surface area contributed by atoms with Crippen LogP contribution in [0.3, 0.4) is 0 Å². The van der Waals surface area contributed by atoms with Crippen LogP contribution in [-0.2, 0) is 6.42 Å². The van der Waals surface area contributed by atoms with Crippen LogP contribution in [0.5, 0.6) is 0 Å². The molecule has 0 saturated carbocycles. The lowest BCUT2D eigenvalue weighted by Crippen LogP contribution is -1.98. The van der Waals surface area contributed by atoms with Crippen molar-refractivity contribution in [1.82, 2.24) is 0 Å². The van der Waals surface area contributed by atoms with Gasteiger partial charge in [0, 0.05) is 21.7 Å². The van der Waals surface area contributed by atoms with Crippen molar-refractivity contribution in [3.8, 4) is 0 Å². The van der Waals surface area contributed by atoms with Gasteiger partial charge in [0.1, 0.15) is 11.3 Å². The van der Waals surface area contributed by atoms with E-state index in [1.807, 2.05) is 18.2 Å². The highest BCUT2D eigenvalue weighted by atomic mass is 79.9. The van der Waals surface area contributed by atoms with E-state index in [0.717, 1.165) is 34.6 Å². The second-order valence-corrected chi connectivity index (χ2v) is 6.05. The summed E-state index contributed by atoms with van der Waals surface area (Å²) in [6.07, 6.45) is 4.52. The number of aryl methyl sites for hydroxylation is 1. The fraction of sp³-hybridized carbons (Fsp3) is 0.429. The van der Waals surface area contributed by atoms with Crippen LogP contribution in [0, 0.1) is 0 Å². The van der Waals surface area contributed by atoms with Crippen LogP contribution in [0.2, 0.25) is 5.02 Å². The summed E-state index contributed by atoms with van der Waals surface area (Å²) in [6, 6.07) is 7.83. The van der Waals surface area contributed by atoms with Gasteiger partial charge in [0.05, 0.1) is 0 Å². The Morgan fingerprint density at radius 3 is 2.88 bits per heavy atom. The van der Waals surface area contributed by atoms with Gasteiger partial charge in [-0.25, -0.2) is 0 Å². The number of benzene rings is 1. The van der Waals surface area contributed by atoms with Gasteiger partial charge in [0.15, 0.2) is 0 Å². The first-order valence-electron chi connectivity index (χ1n) is 6.01. The van der Waals surface area contributed by atoms with Crippen molar-refractivity contribution >= 4 is 38.5 Å². The summed E-state index contributed by atoms with van der Waals surface area (Å²) in [6.45, 7) is 2.21. The van der Waals surface area contributed by atoms with Crippen LogP contribution in [0.15, 0.2) is 28.7 Å². The molecule has 0 aliphatic heterocycles.